The van der Waals surface area contributed by atoms with Crippen molar-refractivity contribution in [2.24, 2.45) is 0 Å². The van der Waals surface area contributed by atoms with Crippen LogP contribution in [0.2, 0.25) is 10.0 Å². The Morgan fingerprint density at radius 2 is 1.80 bits per heavy atom. The lowest BCUT2D eigenvalue weighted by Gasteiger charge is -2.20. The minimum absolute atomic E-state index is 0.216. The van der Waals surface area contributed by atoms with Crippen molar-refractivity contribution in [1.29, 1.82) is 0 Å². The van der Waals surface area contributed by atoms with Gasteiger partial charge in [0.25, 0.3) is 0 Å². The summed E-state index contributed by atoms with van der Waals surface area (Å²) in [6, 6.07) is 8.34. The van der Waals surface area contributed by atoms with Gasteiger partial charge in [0.05, 0.1) is 29.1 Å². The number of aldehydes is 1. The van der Waals surface area contributed by atoms with Gasteiger partial charge >= 0.3 is 5.97 Å². The molecule has 0 bridgehead atoms. The van der Waals surface area contributed by atoms with Crippen molar-refractivity contribution in [2.75, 3.05) is 14.2 Å². The number of nitrogens with zero attached hydrogens (tertiary/aromatic N) is 1. The molecule has 0 unspecified atom stereocenters. The smallest absolute Gasteiger partial charge is 0.348 e. The van der Waals surface area contributed by atoms with Crippen LogP contribution in [0.4, 0.5) is 0 Å². The highest BCUT2D eigenvalue weighted by atomic mass is 35.5. The van der Waals surface area contributed by atoms with Crippen molar-refractivity contribution in [3.63, 3.8) is 0 Å². The van der Waals surface area contributed by atoms with Gasteiger partial charge in [0.2, 0.25) is 0 Å². The fraction of sp³-hybridized carbons (Fsp3) is 0.190. The molecule has 6 nitrogen and oxygen atoms in total. The first-order chi connectivity index (χ1) is 14.5. The van der Waals surface area contributed by atoms with Crippen LogP contribution in [-0.4, -0.2) is 31.5 Å². The van der Waals surface area contributed by atoms with Crippen LogP contribution in [0.25, 0.3) is 0 Å². The van der Waals surface area contributed by atoms with E-state index in [2.05, 4.69) is 4.98 Å². The molecule has 30 heavy (non-hydrogen) atoms. The van der Waals surface area contributed by atoms with Crippen molar-refractivity contribution < 1.29 is 23.8 Å². The molecule has 3 aromatic rings. The van der Waals surface area contributed by atoms with E-state index in [0.29, 0.717) is 48.7 Å². The van der Waals surface area contributed by atoms with E-state index in [1.807, 2.05) is 0 Å². The molecule has 0 saturated heterocycles. The highest BCUT2D eigenvalue weighted by Crippen LogP contribution is 2.35. The number of pyridine rings is 1. The molecule has 2 aromatic heterocycles. The number of esters is 1. The number of methoxy groups -OCH3 is 2. The highest BCUT2D eigenvalue weighted by Gasteiger charge is 2.23. The molecule has 2 heterocycles. The van der Waals surface area contributed by atoms with Crippen molar-refractivity contribution in [3.8, 4) is 11.5 Å². The average molecular weight is 466 g/mol. The van der Waals surface area contributed by atoms with E-state index in [-0.39, 0.29) is 6.42 Å². The summed E-state index contributed by atoms with van der Waals surface area (Å²) in [6.07, 6.45) is 3.13. The van der Waals surface area contributed by atoms with Crippen LogP contribution in [-0.2, 0) is 11.2 Å². The number of halogens is 2. The Kier molecular flexibility index (Phi) is 7.31. The largest absolute Gasteiger partial charge is 0.493 e. The quantitative estimate of drug-likeness (QED) is 0.326. The van der Waals surface area contributed by atoms with Crippen molar-refractivity contribution in [3.05, 3.63) is 73.7 Å². The van der Waals surface area contributed by atoms with E-state index < -0.39 is 12.1 Å². The number of benzene rings is 1. The van der Waals surface area contributed by atoms with Crippen LogP contribution >= 0.6 is 34.5 Å². The summed E-state index contributed by atoms with van der Waals surface area (Å²) in [5.74, 6) is 0.469. The molecule has 0 aliphatic heterocycles. The third-order valence-electron chi connectivity index (χ3n) is 4.31. The van der Waals surface area contributed by atoms with E-state index in [0.717, 1.165) is 11.3 Å². The molecule has 3 rings (SSSR count). The lowest BCUT2D eigenvalue weighted by atomic mass is 10.0. The van der Waals surface area contributed by atoms with Gasteiger partial charge in [-0.1, -0.05) is 29.3 Å². The SMILES string of the molecule is COc1ccc([C@H](Cc2c(Cl)cncc2Cl)OC(=O)c2ccc(C=O)s2)cc1OC. The number of hydrogen-bond donors (Lipinski definition) is 0. The van der Waals surface area contributed by atoms with Gasteiger partial charge in [-0.2, -0.15) is 0 Å². The van der Waals surface area contributed by atoms with Gasteiger partial charge in [-0.3, -0.25) is 9.78 Å². The normalized spacial score (nSPS) is 11.6. The molecule has 0 aliphatic carbocycles. The van der Waals surface area contributed by atoms with Crippen LogP contribution in [0.1, 0.15) is 36.6 Å². The standard InChI is InChI=1S/C21H17Cl2NO5S/c1-27-17-5-3-12(7-19(17)28-2)18(8-14-15(22)9-24-10-16(14)23)29-21(26)20-6-4-13(11-25)30-20/h3-7,9-11,18H,8H2,1-2H3/t18-/m0/s1. The second kappa shape index (κ2) is 9.93. The number of carbonyl (C=O) groups is 2. The maximum atomic E-state index is 12.7. The molecule has 0 amide bonds. The summed E-state index contributed by atoms with van der Waals surface area (Å²) in [5, 5.41) is 0.729. The Bertz CT molecular complexity index is 1050. The molecule has 0 radical (unpaired) electrons. The van der Waals surface area contributed by atoms with Crippen molar-refractivity contribution in [2.45, 2.75) is 12.5 Å². The maximum Gasteiger partial charge on any atom is 0.348 e. The topological polar surface area (TPSA) is 74.7 Å². The summed E-state index contributed by atoms with van der Waals surface area (Å²) < 4.78 is 16.4. The van der Waals surface area contributed by atoms with Crippen molar-refractivity contribution in [1.82, 2.24) is 4.98 Å². The van der Waals surface area contributed by atoms with E-state index in [1.165, 1.54) is 26.6 Å². The summed E-state index contributed by atoms with van der Waals surface area (Å²) in [5.41, 5.74) is 1.26. The number of aromatic nitrogens is 1. The predicted molar refractivity (Wildman–Crippen MR) is 115 cm³/mol. The maximum absolute atomic E-state index is 12.7. The summed E-state index contributed by atoms with van der Waals surface area (Å²) in [6.45, 7) is 0. The first kappa shape index (κ1) is 22.1. The summed E-state index contributed by atoms with van der Waals surface area (Å²) in [7, 11) is 3.05. The van der Waals surface area contributed by atoms with E-state index in [9.17, 15) is 9.59 Å². The molecule has 1 atom stereocenters. The van der Waals surface area contributed by atoms with Gasteiger partial charge in [-0.25, -0.2) is 4.79 Å². The molecule has 0 spiro atoms. The number of thiophene rings is 1. The fourth-order valence-corrected chi connectivity index (χ4v) is 4.04. The lowest BCUT2D eigenvalue weighted by molar-refractivity contribution is 0.0303. The third-order valence-corrected chi connectivity index (χ3v) is 5.96. The second-order valence-electron chi connectivity index (χ2n) is 6.11. The van der Waals surface area contributed by atoms with E-state index in [4.69, 9.17) is 37.4 Å². The van der Waals surface area contributed by atoms with Gasteiger partial charge in [-0.05, 0) is 35.4 Å². The minimum Gasteiger partial charge on any atom is -0.493 e. The van der Waals surface area contributed by atoms with Gasteiger partial charge in [0.15, 0.2) is 17.8 Å². The molecule has 0 fully saturated rings. The summed E-state index contributed by atoms with van der Waals surface area (Å²) >= 11 is 13.6. The third kappa shape index (κ3) is 4.92. The Labute approximate surface area is 187 Å². The van der Waals surface area contributed by atoms with Gasteiger partial charge in [0, 0.05) is 18.8 Å². The highest BCUT2D eigenvalue weighted by molar-refractivity contribution is 7.15. The fourth-order valence-electron chi connectivity index (χ4n) is 2.81. The van der Waals surface area contributed by atoms with Crippen LogP contribution in [0.3, 0.4) is 0 Å². The Hall–Kier alpha value is -2.61. The van der Waals surface area contributed by atoms with Crippen LogP contribution < -0.4 is 9.47 Å². The first-order valence-electron chi connectivity index (χ1n) is 8.72. The Balaban J connectivity index is 1.97. The Morgan fingerprint density at radius 1 is 1.10 bits per heavy atom. The zero-order valence-corrected chi connectivity index (χ0v) is 18.4. The number of carbonyl (C=O) groups excluding carboxylic acids is 2. The van der Waals surface area contributed by atoms with Gasteiger partial charge < -0.3 is 14.2 Å². The van der Waals surface area contributed by atoms with Gasteiger partial charge in [0.1, 0.15) is 11.0 Å². The van der Waals surface area contributed by atoms with Crippen molar-refractivity contribution >= 4 is 46.8 Å². The monoisotopic (exact) mass is 465 g/mol. The van der Waals surface area contributed by atoms with E-state index in [1.54, 1.807) is 30.3 Å². The molecule has 9 heteroatoms. The number of hydrogen-bond acceptors (Lipinski definition) is 7. The molecule has 0 saturated carbocycles. The van der Waals surface area contributed by atoms with Crippen LogP contribution in [0.5, 0.6) is 11.5 Å². The van der Waals surface area contributed by atoms with Crippen LogP contribution in [0, 0.1) is 0 Å². The molecular weight excluding hydrogens is 449 g/mol. The van der Waals surface area contributed by atoms with Crippen LogP contribution in [0.15, 0.2) is 42.7 Å². The van der Waals surface area contributed by atoms with Gasteiger partial charge in [-0.15, -0.1) is 11.3 Å². The lowest BCUT2D eigenvalue weighted by Crippen LogP contribution is -2.14. The minimum atomic E-state index is -0.725. The second-order valence-corrected chi connectivity index (χ2v) is 8.04. The molecule has 0 N–H and O–H groups in total. The first-order valence-corrected chi connectivity index (χ1v) is 10.3. The zero-order chi connectivity index (χ0) is 21.7. The average Bonchev–Trinajstić information content (AvgIpc) is 3.24. The molecular formula is C21H17Cl2NO5S. The summed E-state index contributed by atoms with van der Waals surface area (Å²) in [4.78, 5) is 28.4. The number of ether oxygens (including phenoxy) is 3. The molecule has 1 aromatic carbocycles. The predicted octanol–water partition coefficient (Wildman–Crippen LogP) is 5.42. The Morgan fingerprint density at radius 3 is 2.40 bits per heavy atom. The molecule has 0 aliphatic rings. The number of rotatable bonds is 8. The molecule has 156 valence electrons. The zero-order valence-electron chi connectivity index (χ0n) is 16.1. The van der Waals surface area contributed by atoms with E-state index >= 15 is 0 Å².